The predicted octanol–water partition coefficient (Wildman–Crippen LogP) is 3.44. The minimum atomic E-state index is 0.0799. The Labute approximate surface area is 127 Å². The molecule has 1 saturated carbocycles. The monoisotopic (exact) mass is 288 g/mol. The van der Waals surface area contributed by atoms with Gasteiger partial charge in [-0.15, -0.1) is 0 Å². The van der Waals surface area contributed by atoms with Gasteiger partial charge >= 0.3 is 0 Å². The van der Waals surface area contributed by atoms with E-state index in [1.807, 2.05) is 18.2 Å². The van der Waals surface area contributed by atoms with E-state index in [9.17, 15) is 0 Å². The normalized spacial score (nSPS) is 16.9. The summed E-state index contributed by atoms with van der Waals surface area (Å²) >= 11 is 0. The van der Waals surface area contributed by atoms with Crippen LogP contribution in [0.25, 0.3) is 0 Å². The van der Waals surface area contributed by atoms with Gasteiger partial charge in [-0.05, 0) is 32.4 Å². The summed E-state index contributed by atoms with van der Waals surface area (Å²) in [7, 11) is 1.66. The van der Waals surface area contributed by atoms with Gasteiger partial charge < -0.3 is 14.8 Å². The van der Waals surface area contributed by atoms with Gasteiger partial charge in [0.05, 0.1) is 19.8 Å². The van der Waals surface area contributed by atoms with Gasteiger partial charge in [0.15, 0.2) is 0 Å². The number of rotatable bonds is 8. The Morgan fingerprint density at radius 1 is 1.43 bits per heavy atom. The van der Waals surface area contributed by atoms with Gasteiger partial charge in [0.25, 0.3) is 0 Å². The highest BCUT2D eigenvalue weighted by molar-refractivity contribution is 5.42. The van der Waals surface area contributed by atoms with Gasteiger partial charge in [0, 0.05) is 29.5 Å². The van der Waals surface area contributed by atoms with Gasteiger partial charge in [-0.3, -0.25) is 0 Å². The standard InChI is InChI=1S/C17H24N2O2/c1-4-19-13(2)15-6-5-14(20-3)11-16(15)21-12-17(7-8-17)9-10-18/h5-6,11,13,19H,4,7-9,12H2,1-3H3. The van der Waals surface area contributed by atoms with Crippen molar-refractivity contribution in [1.29, 1.82) is 5.26 Å². The first-order valence-electron chi connectivity index (χ1n) is 7.55. The molecule has 1 aromatic rings. The summed E-state index contributed by atoms with van der Waals surface area (Å²) in [5.74, 6) is 1.65. The molecule has 21 heavy (non-hydrogen) atoms. The Morgan fingerprint density at radius 2 is 2.19 bits per heavy atom. The lowest BCUT2D eigenvalue weighted by molar-refractivity contribution is 0.232. The van der Waals surface area contributed by atoms with Gasteiger partial charge in [-0.2, -0.15) is 5.26 Å². The van der Waals surface area contributed by atoms with Crippen molar-refractivity contribution < 1.29 is 9.47 Å². The number of benzene rings is 1. The molecule has 1 unspecified atom stereocenters. The van der Waals surface area contributed by atoms with Crippen molar-refractivity contribution >= 4 is 0 Å². The van der Waals surface area contributed by atoms with E-state index in [4.69, 9.17) is 14.7 Å². The SMILES string of the molecule is CCNC(C)c1ccc(OC)cc1OCC1(CC#N)CC1. The maximum Gasteiger partial charge on any atom is 0.127 e. The molecule has 1 aliphatic carbocycles. The smallest absolute Gasteiger partial charge is 0.127 e. The van der Waals surface area contributed by atoms with Crippen LogP contribution in [0.15, 0.2) is 18.2 Å². The second-order valence-corrected chi connectivity index (χ2v) is 5.81. The van der Waals surface area contributed by atoms with E-state index in [0.29, 0.717) is 13.0 Å². The minimum Gasteiger partial charge on any atom is -0.497 e. The first-order chi connectivity index (χ1) is 10.1. The summed E-state index contributed by atoms with van der Waals surface area (Å²) in [4.78, 5) is 0. The largest absolute Gasteiger partial charge is 0.497 e. The molecule has 2 rings (SSSR count). The van der Waals surface area contributed by atoms with Crippen molar-refractivity contribution in [2.75, 3.05) is 20.3 Å². The Kier molecular flexibility index (Phi) is 5.08. The van der Waals surface area contributed by atoms with E-state index in [1.54, 1.807) is 7.11 Å². The lowest BCUT2D eigenvalue weighted by Crippen LogP contribution is -2.20. The van der Waals surface area contributed by atoms with Crippen LogP contribution in [0.5, 0.6) is 11.5 Å². The molecule has 114 valence electrons. The van der Waals surface area contributed by atoms with Crippen molar-refractivity contribution in [2.24, 2.45) is 5.41 Å². The number of hydrogen-bond donors (Lipinski definition) is 1. The van der Waals surface area contributed by atoms with Crippen LogP contribution < -0.4 is 14.8 Å². The maximum absolute atomic E-state index is 8.90. The second kappa shape index (κ2) is 6.82. The van der Waals surface area contributed by atoms with Gasteiger partial charge in [0.2, 0.25) is 0 Å². The number of nitrogens with zero attached hydrogens (tertiary/aromatic N) is 1. The summed E-state index contributed by atoms with van der Waals surface area (Å²) < 4.78 is 11.3. The number of hydrogen-bond acceptors (Lipinski definition) is 4. The highest BCUT2D eigenvalue weighted by Crippen LogP contribution is 2.49. The third-order valence-corrected chi connectivity index (χ3v) is 4.14. The summed E-state index contributed by atoms with van der Waals surface area (Å²) in [6.45, 7) is 5.73. The average molecular weight is 288 g/mol. The van der Waals surface area contributed by atoms with Crippen LogP contribution in [0.2, 0.25) is 0 Å². The fourth-order valence-corrected chi connectivity index (χ4v) is 2.49. The molecule has 0 aromatic heterocycles. The zero-order valence-electron chi connectivity index (χ0n) is 13.1. The third kappa shape index (κ3) is 3.89. The number of nitriles is 1. The van der Waals surface area contributed by atoms with Crippen molar-refractivity contribution in [1.82, 2.24) is 5.32 Å². The lowest BCUT2D eigenvalue weighted by atomic mass is 10.0. The van der Waals surface area contributed by atoms with Crippen molar-refractivity contribution in [3.8, 4) is 17.6 Å². The number of methoxy groups -OCH3 is 1. The maximum atomic E-state index is 8.90. The molecule has 0 bridgehead atoms. The fraction of sp³-hybridized carbons (Fsp3) is 0.588. The fourth-order valence-electron chi connectivity index (χ4n) is 2.49. The van der Waals surface area contributed by atoms with Crippen molar-refractivity contribution in [3.63, 3.8) is 0 Å². The topological polar surface area (TPSA) is 54.3 Å². The van der Waals surface area contributed by atoms with E-state index in [1.165, 1.54) is 0 Å². The molecule has 0 aliphatic heterocycles. The summed E-state index contributed by atoms with van der Waals surface area (Å²) in [5, 5.41) is 12.3. The summed E-state index contributed by atoms with van der Waals surface area (Å²) in [6.07, 6.45) is 2.75. The molecule has 1 aromatic carbocycles. The van der Waals surface area contributed by atoms with Crippen LogP contribution in [0.3, 0.4) is 0 Å². The number of nitrogens with one attached hydrogen (secondary N) is 1. The molecule has 4 heteroatoms. The van der Waals surface area contributed by atoms with Gasteiger partial charge in [-0.25, -0.2) is 0 Å². The molecule has 0 spiro atoms. The van der Waals surface area contributed by atoms with E-state index in [-0.39, 0.29) is 11.5 Å². The first-order valence-corrected chi connectivity index (χ1v) is 7.55. The van der Waals surface area contributed by atoms with Gasteiger partial charge in [0.1, 0.15) is 11.5 Å². The first kappa shape index (κ1) is 15.7. The Bertz CT molecular complexity index is 518. The minimum absolute atomic E-state index is 0.0799. The molecule has 0 amide bonds. The van der Waals surface area contributed by atoms with Crippen molar-refractivity contribution in [3.05, 3.63) is 23.8 Å². The van der Waals surface area contributed by atoms with E-state index in [2.05, 4.69) is 25.2 Å². The molecule has 0 heterocycles. The molecule has 0 radical (unpaired) electrons. The quantitative estimate of drug-likeness (QED) is 0.796. The molecule has 0 saturated heterocycles. The van der Waals surface area contributed by atoms with Crippen molar-refractivity contribution in [2.45, 2.75) is 39.2 Å². The molecule has 4 nitrogen and oxygen atoms in total. The van der Waals surface area contributed by atoms with Crippen LogP contribution in [0.4, 0.5) is 0 Å². The zero-order valence-corrected chi connectivity index (χ0v) is 13.1. The van der Waals surface area contributed by atoms with Gasteiger partial charge in [-0.1, -0.05) is 13.0 Å². The Morgan fingerprint density at radius 3 is 2.76 bits per heavy atom. The average Bonchev–Trinajstić information content (AvgIpc) is 3.25. The second-order valence-electron chi connectivity index (χ2n) is 5.81. The molecular formula is C17H24N2O2. The molecule has 1 atom stereocenters. The summed E-state index contributed by atoms with van der Waals surface area (Å²) in [5.41, 5.74) is 1.21. The summed E-state index contributed by atoms with van der Waals surface area (Å²) in [6, 6.07) is 8.43. The zero-order chi connectivity index (χ0) is 15.3. The van der Waals surface area contributed by atoms with E-state index in [0.717, 1.165) is 36.4 Å². The van der Waals surface area contributed by atoms with Crippen LogP contribution in [-0.4, -0.2) is 20.3 Å². The van der Waals surface area contributed by atoms with E-state index >= 15 is 0 Å². The lowest BCUT2D eigenvalue weighted by Gasteiger charge is -2.20. The number of ether oxygens (including phenoxy) is 2. The predicted molar refractivity (Wildman–Crippen MR) is 82.5 cm³/mol. The Balaban J connectivity index is 2.13. The molecule has 1 N–H and O–H groups in total. The van der Waals surface area contributed by atoms with Crippen LogP contribution in [0, 0.1) is 16.7 Å². The van der Waals surface area contributed by atoms with E-state index < -0.39 is 0 Å². The Hall–Kier alpha value is -1.73. The third-order valence-electron chi connectivity index (χ3n) is 4.14. The highest BCUT2D eigenvalue weighted by Gasteiger charge is 2.43. The molecule has 1 fully saturated rings. The molecular weight excluding hydrogens is 264 g/mol. The van der Waals surface area contributed by atoms with Crippen LogP contribution in [0.1, 0.15) is 44.7 Å². The highest BCUT2D eigenvalue weighted by atomic mass is 16.5. The van der Waals surface area contributed by atoms with Crippen LogP contribution in [-0.2, 0) is 0 Å². The van der Waals surface area contributed by atoms with Crippen LogP contribution >= 0.6 is 0 Å². The molecule has 1 aliphatic rings.